The van der Waals surface area contributed by atoms with Crippen LogP contribution in [-0.2, 0) is 4.74 Å². The maximum atomic E-state index is 5.68. The van der Waals surface area contributed by atoms with Gasteiger partial charge < -0.3 is 19.7 Å². The summed E-state index contributed by atoms with van der Waals surface area (Å²) in [6, 6.07) is 0.377. The maximum absolute atomic E-state index is 5.68. The van der Waals surface area contributed by atoms with Crippen LogP contribution in [0, 0.1) is 0 Å². The molecule has 0 bridgehead atoms. The SMILES string of the molecule is CNc1nc(OCC2CCCO2)nc(N2CCCC2)n1. The van der Waals surface area contributed by atoms with Crippen LogP contribution < -0.4 is 15.0 Å². The smallest absolute Gasteiger partial charge is 0.323 e. The Hall–Kier alpha value is -1.63. The van der Waals surface area contributed by atoms with Crippen LogP contribution in [0.15, 0.2) is 0 Å². The van der Waals surface area contributed by atoms with Crippen molar-refractivity contribution in [2.45, 2.75) is 31.8 Å². The molecular formula is C13H21N5O2. The molecule has 1 N–H and O–H groups in total. The molecule has 2 fully saturated rings. The topological polar surface area (TPSA) is 72.4 Å². The molecule has 3 heterocycles. The molecule has 1 aromatic heterocycles. The lowest BCUT2D eigenvalue weighted by atomic mass is 10.2. The van der Waals surface area contributed by atoms with Crippen LogP contribution in [0.25, 0.3) is 0 Å². The monoisotopic (exact) mass is 279 g/mol. The molecule has 110 valence electrons. The van der Waals surface area contributed by atoms with E-state index >= 15 is 0 Å². The van der Waals surface area contributed by atoms with Gasteiger partial charge in [-0.1, -0.05) is 0 Å². The van der Waals surface area contributed by atoms with Gasteiger partial charge in [0.15, 0.2) is 0 Å². The lowest BCUT2D eigenvalue weighted by molar-refractivity contribution is 0.0645. The van der Waals surface area contributed by atoms with Crippen molar-refractivity contribution in [3.8, 4) is 6.01 Å². The van der Waals surface area contributed by atoms with E-state index in [0.29, 0.717) is 24.5 Å². The number of aromatic nitrogens is 3. The zero-order valence-corrected chi connectivity index (χ0v) is 11.8. The van der Waals surface area contributed by atoms with Gasteiger partial charge in [0.05, 0.1) is 6.10 Å². The van der Waals surface area contributed by atoms with E-state index in [0.717, 1.165) is 32.5 Å². The van der Waals surface area contributed by atoms with Crippen molar-refractivity contribution in [1.29, 1.82) is 0 Å². The van der Waals surface area contributed by atoms with E-state index in [1.807, 2.05) is 0 Å². The minimum Gasteiger partial charge on any atom is -0.461 e. The van der Waals surface area contributed by atoms with E-state index in [2.05, 4.69) is 25.2 Å². The Morgan fingerprint density at radius 3 is 2.80 bits per heavy atom. The first-order valence-corrected chi connectivity index (χ1v) is 7.28. The molecule has 1 atom stereocenters. The van der Waals surface area contributed by atoms with Crippen molar-refractivity contribution in [3.05, 3.63) is 0 Å². The van der Waals surface area contributed by atoms with Gasteiger partial charge >= 0.3 is 6.01 Å². The zero-order chi connectivity index (χ0) is 13.8. The third-order valence-electron chi connectivity index (χ3n) is 3.64. The molecule has 2 saturated heterocycles. The Morgan fingerprint density at radius 2 is 2.10 bits per heavy atom. The highest BCUT2D eigenvalue weighted by atomic mass is 16.5. The quantitative estimate of drug-likeness (QED) is 0.864. The molecule has 7 nitrogen and oxygen atoms in total. The lowest BCUT2D eigenvalue weighted by Crippen LogP contribution is -2.23. The summed E-state index contributed by atoms with van der Waals surface area (Å²) in [5.41, 5.74) is 0. The predicted octanol–water partition coefficient (Wildman–Crippen LogP) is 1.07. The fourth-order valence-corrected chi connectivity index (χ4v) is 2.52. The van der Waals surface area contributed by atoms with Crippen molar-refractivity contribution in [2.75, 3.05) is 43.6 Å². The van der Waals surface area contributed by atoms with E-state index in [4.69, 9.17) is 9.47 Å². The molecule has 0 radical (unpaired) electrons. The molecule has 2 aliphatic heterocycles. The van der Waals surface area contributed by atoms with E-state index < -0.39 is 0 Å². The summed E-state index contributed by atoms with van der Waals surface area (Å²) < 4.78 is 11.2. The van der Waals surface area contributed by atoms with E-state index in [1.54, 1.807) is 7.05 Å². The van der Waals surface area contributed by atoms with E-state index in [1.165, 1.54) is 12.8 Å². The highest BCUT2D eigenvalue weighted by molar-refractivity contribution is 5.38. The minimum absolute atomic E-state index is 0.167. The molecule has 2 aliphatic rings. The van der Waals surface area contributed by atoms with Crippen LogP contribution in [0.3, 0.4) is 0 Å². The summed E-state index contributed by atoms with van der Waals surface area (Å²) in [4.78, 5) is 15.2. The van der Waals surface area contributed by atoms with Crippen LogP contribution in [0.5, 0.6) is 6.01 Å². The third-order valence-corrected chi connectivity index (χ3v) is 3.64. The van der Waals surface area contributed by atoms with Crippen LogP contribution >= 0.6 is 0 Å². The molecule has 0 spiro atoms. The van der Waals surface area contributed by atoms with Crippen molar-refractivity contribution in [2.24, 2.45) is 0 Å². The minimum atomic E-state index is 0.167. The summed E-state index contributed by atoms with van der Waals surface area (Å²) in [5, 5.41) is 2.96. The first kappa shape index (κ1) is 13.4. The third kappa shape index (κ3) is 3.09. The first-order valence-electron chi connectivity index (χ1n) is 7.28. The number of rotatable bonds is 5. The fourth-order valence-electron chi connectivity index (χ4n) is 2.52. The summed E-state index contributed by atoms with van der Waals surface area (Å²) in [6.45, 7) is 3.33. The molecule has 1 aromatic rings. The number of hydrogen-bond acceptors (Lipinski definition) is 7. The van der Waals surface area contributed by atoms with Crippen LogP contribution in [0.4, 0.5) is 11.9 Å². The normalized spacial score (nSPS) is 22.2. The number of hydrogen-bond donors (Lipinski definition) is 1. The first-order chi connectivity index (χ1) is 9.85. The van der Waals surface area contributed by atoms with Gasteiger partial charge in [0.2, 0.25) is 11.9 Å². The number of ether oxygens (including phenoxy) is 2. The summed E-state index contributed by atoms with van der Waals surface area (Å²) in [6.07, 6.45) is 4.69. The van der Waals surface area contributed by atoms with Gasteiger partial charge in [-0.3, -0.25) is 0 Å². The van der Waals surface area contributed by atoms with Gasteiger partial charge in [0.25, 0.3) is 0 Å². The van der Waals surface area contributed by atoms with Crippen LogP contribution in [-0.4, -0.2) is 54.4 Å². The second kappa shape index (κ2) is 6.21. The second-order valence-corrected chi connectivity index (χ2v) is 5.13. The number of nitrogens with one attached hydrogen (secondary N) is 1. The fraction of sp³-hybridized carbons (Fsp3) is 0.769. The summed E-state index contributed by atoms with van der Waals surface area (Å²) in [5.74, 6) is 1.24. The van der Waals surface area contributed by atoms with E-state index in [-0.39, 0.29) is 6.10 Å². The highest BCUT2D eigenvalue weighted by Crippen LogP contribution is 2.20. The van der Waals surface area contributed by atoms with Crippen molar-refractivity contribution in [3.63, 3.8) is 0 Å². The Morgan fingerprint density at radius 1 is 1.25 bits per heavy atom. The lowest BCUT2D eigenvalue weighted by Gasteiger charge is -2.17. The molecule has 0 amide bonds. The molecule has 3 rings (SSSR count). The van der Waals surface area contributed by atoms with Crippen LogP contribution in [0.2, 0.25) is 0 Å². The Labute approximate surface area is 118 Å². The molecule has 0 saturated carbocycles. The maximum Gasteiger partial charge on any atom is 0.323 e. The zero-order valence-electron chi connectivity index (χ0n) is 11.8. The standard InChI is InChI=1S/C13H21N5O2/c1-14-11-15-12(18-6-2-3-7-18)17-13(16-11)20-9-10-5-4-8-19-10/h10H,2-9H2,1H3,(H,14,15,16,17). The summed E-state index contributed by atoms with van der Waals surface area (Å²) >= 11 is 0. The molecule has 7 heteroatoms. The molecular weight excluding hydrogens is 258 g/mol. The molecule has 20 heavy (non-hydrogen) atoms. The van der Waals surface area contributed by atoms with Crippen LogP contribution in [0.1, 0.15) is 25.7 Å². The predicted molar refractivity (Wildman–Crippen MR) is 75.3 cm³/mol. The average Bonchev–Trinajstić information content (AvgIpc) is 3.17. The Kier molecular flexibility index (Phi) is 4.15. The van der Waals surface area contributed by atoms with Gasteiger partial charge in [-0.25, -0.2) is 0 Å². The van der Waals surface area contributed by atoms with Gasteiger partial charge in [-0.2, -0.15) is 15.0 Å². The summed E-state index contributed by atoms with van der Waals surface area (Å²) in [7, 11) is 1.80. The average molecular weight is 279 g/mol. The number of nitrogens with zero attached hydrogens (tertiary/aromatic N) is 4. The molecule has 0 aliphatic carbocycles. The Bertz CT molecular complexity index is 444. The van der Waals surface area contributed by atoms with Gasteiger partial charge in [0, 0.05) is 26.7 Å². The highest BCUT2D eigenvalue weighted by Gasteiger charge is 2.20. The van der Waals surface area contributed by atoms with Crippen molar-refractivity contribution >= 4 is 11.9 Å². The Balaban J connectivity index is 1.69. The van der Waals surface area contributed by atoms with Gasteiger partial charge in [-0.05, 0) is 25.7 Å². The second-order valence-electron chi connectivity index (χ2n) is 5.13. The van der Waals surface area contributed by atoms with Crippen molar-refractivity contribution < 1.29 is 9.47 Å². The number of anilines is 2. The molecule has 1 unspecified atom stereocenters. The van der Waals surface area contributed by atoms with Gasteiger partial charge in [-0.15, -0.1) is 0 Å². The largest absolute Gasteiger partial charge is 0.461 e. The van der Waals surface area contributed by atoms with Crippen molar-refractivity contribution in [1.82, 2.24) is 15.0 Å². The van der Waals surface area contributed by atoms with E-state index in [9.17, 15) is 0 Å². The molecule has 0 aromatic carbocycles. The van der Waals surface area contributed by atoms with Gasteiger partial charge in [0.1, 0.15) is 6.61 Å².